The van der Waals surface area contributed by atoms with Crippen LogP contribution in [0.4, 0.5) is 0 Å². The Morgan fingerprint density at radius 1 is 1.67 bits per heavy atom. The first-order valence-corrected chi connectivity index (χ1v) is 5.69. The predicted molar refractivity (Wildman–Crippen MR) is 64.2 cm³/mol. The van der Waals surface area contributed by atoms with Gasteiger partial charge in [0.25, 0.3) is 0 Å². The standard InChI is InChI=1S/C10H13N3OS/c1-4-14-10-7-12-5-8(13-10)9(15-3)6-11-2/h5-7H,2,4H2,1,3H3/b9-6-. The molecular weight excluding hydrogens is 210 g/mol. The Balaban J connectivity index is 2.97. The molecule has 5 heteroatoms. The maximum absolute atomic E-state index is 5.26. The van der Waals surface area contributed by atoms with Crippen molar-refractivity contribution in [3.63, 3.8) is 0 Å². The van der Waals surface area contributed by atoms with E-state index in [2.05, 4.69) is 21.7 Å². The fraction of sp³-hybridized carbons (Fsp3) is 0.300. The highest BCUT2D eigenvalue weighted by atomic mass is 32.2. The van der Waals surface area contributed by atoms with E-state index in [1.54, 1.807) is 30.4 Å². The first-order valence-electron chi connectivity index (χ1n) is 4.47. The second kappa shape index (κ2) is 6.19. The van der Waals surface area contributed by atoms with E-state index in [0.29, 0.717) is 12.5 Å². The summed E-state index contributed by atoms with van der Waals surface area (Å²) < 4.78 is 5.26. The highest BCUT2D eigenvalue weighted by Crippen LogP contribution is 2.23. The van der Waals surface area contributed by atoms with Crippen molar-refractivity contribution >= 4 is 23.4 Å². The van der Waals surface area contributed by atoms with Crippen molar-refractivity contribution in [3.8, 4) is 5.88 Å². The van der Waals surface area contributed by atoms with Crippen molar-refractivity contribution in [1.29, 1.82) is 0 Å². The van der Waals surface area contributed by atoms with Crippen molar-refractivity contribution in [2.75, 3.05) is 12.9 Å². The summed E-state index contributed by atoms with van der Waals surface area (Å²) >= 11 is 1.54. The topological polar surface area (TPSA) is 47.4 Å². The zero-order chi connectivity index (χ0) is 11.1. The summed E-state index contributed by atoms with van der Waals surface area (Å²) in [5.74, 6) is 0.527. The third-order valence-corrected chi connectivity index (χ3v) is 2.34. The fourth-order valence-corrected chi connectivity index (χ4v) is 1.48. The number of thioether (sulfide) groups is 1. The Kier molecular flexibility index (Phi) is 4.83. The van der Waals surface area contributed by atoms with E-state index in [-0.39, 0.29) is 0 Å². The van der Waals surface area contributed by atoms with Crippen LogP contribution >= 0.6 is 11.8 Å². The van der Waals surface area contributed by atoms with Gasteiger partial charge in [-0.2, -0.15) is 0 Å². The number of hydrogen-bond acceptors (Lipinski definition) is 5. The fourth-order valence-electron chi connectivity index (χ4n) is 0.991. The van der Waals surface area contributed by atoms with Gasteiger partial charge >= 0.3 is 0 Å². The van der Waals surface area contributed by atoms with Crippen LogP contribution in [0.25, 0.3) is 4.91 Å². The number of hydrogen-bond donors (Lipinski definition) is 0. The van der Waals surface area contributed by atoms with Crippen molar-refractivity contribution < 1.29 is 4.74 Å². The van der Waals surface area contributed by atoms with E-state index in [4.69, 9.17) is 4.74 Å². The van der Waals surface area contributed by atoms with Crippen LogP contribution in [0.2, 0.25) is 0 Å². The quantitative estimate of drug-likeness (QED) is 0.718. The summed E-state index contributed by atoms with van der Waals surface area (Å²) in [6.07, 6.45) is 6.87. The third-order valence-electron chi connectivity index (χ3n) is 1.59. The van der Waals surface area contributed by atoms with Crippen molar-refractivity contribution in [1.82, 2.24) is 9.97 Å². The van der Waals surface area contributed by atoms with Crippen LogP contribution in [0.15, 0.2) is 23.6 Å². The SMILES string of the molecule is C=N/C=C(\SC)c1cncc(OCC)n1. The van der Waals surface area contributed by atoms with Crippen molar-refractivity contribution in [2.24, 2.45) is 4.99 Å². The molecule has 0 bridgehead atoms. The molecule has 1 aromatic rings. The molecule has 0 aliphatic carbocycles. The highest BCUT2D eigenvalue weighted by molar-refractivity contribution is 8.07. The van der Waals surface area contributed by atoms with Gasteiger partial charge < -0.3 is 4.74 Å². The molecule has 1 rings (SSSR count). The molecule has 0 fully saturated rings. The Morgan fingerprint density at radius 2 is 2.47 bits per heavy atom. The number of nitrogens with zero attached hydrogens (tertiary/aromatic N) is 3. The largest absolute Gasteiger partial charge is 0.477 e. The molecule has 0 N–H and O–H groups in total. The van der Waals surface area contributed by atoms with Crippen molar-refractivity contribution in [2.45, 2.75) is 6.92 Å². The first kappa shape index (κ1) is 11.7. The average Bonchev–Trinajstić information content (AvgIpc) is 2.27. The van der Waals surface area contributed by atoms with Gasteiger partial charge in [-0.05, 0) is 19.9 Å². The van der Waals surface area contributed by atoms with E-state index < -0.39 is 0 Å². The van der Waals surface area contributed by atoms with E-state index >= 15 is 0 Å². The lowest BCUT2D eigenvalue weighted by molar-refractivity contribution is 0.325. The maximum Gasteiger partial charge on any atom is 0.232 e. The van der Waals surface area contributed by atoms with E-state index in [1.807, 2.05) is 13.2 Å². The van der Waals surface area contributed by atoms with Crippen LogP contribution in [0.5, 0.6) is 5.88 Å². The molecular formula is C10H13N3OS. The zero-order valence-electron chi connectivity index (χ0n) is 8.80. The normalized spacial score (nSPS) is 11.2. The molecule has 0 aliphatic rings. The summed E-state index contributed by atoms with van der Waals surface area (Å²) in [5, 5.41) is 0. The highest BCUT2D eigenvalue weighted by Gasteiger charge is 2.04. The van der Waals surface area contributed by atoms with Crippen LogP contribution in [-0.2, 0) is 0 Å². The van der Waals surface area contributed by atoms with E-state index in [0.717, 1.165) is 10.6 Å². The number of ether oxygens (including phenoxy) is 1. The molecule has 1 heterocycles. The minimum atomic E-state index is 0.527. The third kappa shape index (κ3) is 3.36. The molecule has 0 amide bonds. The van der Waals surface area contributed by atoms with Crippen LogP contribution in [0, 0.1) is 0 Å². The summed E-state index contributed by atoms with van der Waals surface area (Å²) in [6.45, 7) is 5.90. The molecule has 1 aromatic heterocycles. The van der Waals surface area contributed by atoms with E-state index in [9.17, 15) is 0 Å². The molecule has 0 saturated heterocycles. The minimum absolute atomic E-state index is 0.527. The molecule has 0 unspecified atom stereocenters. The van der Waals surface area contributed by atoms with Gasteiger partial charge in [-0.1, -0.05) is 0 Å². The van der Waals surface area contributed by atoms with Gasteiger partial charge in [-0.3, -0.25) is 9.98 Å². The molecule has 4 nitrogen and oxygen atoms in total. The monoisotopic (exact) mass is 223 g/mol. The summed E-state index contributed by atoms with van der Waals surface area (Å²) in [5.41, 5.74) is 0.751. The molecule has 0 spiro atoms. The lowest BCUT2D eigenvalue weighted by Gasteiger charge is -2.04. The Bertz CT molecular complexity index is 365. The van der Waals surface area contributed by atoms with Gasteiger partial charge in [0.1, 0.15) is 5.69 Å². The van der Waals surface area contributed by atoms with Crippen LogP contribution in [0.3, 0.4) is 0 Å². The van der Waals surface area contributed by atoms with Gasteiger partial charge in [0.05, 0.1) is 23.9 Å². The van der Waals surface area contributed by atoms with Gasteiger partial charge in [-0.15, -0.1) is 11.8 Å². The number of aromatic nitrogens is 2. The molecule has 0 radical (unpaired) electrons. The minimum Gasteiger partial charge on any atom is -0.477 e. The second-order valence-electron chi connectivity index (χ2n) is 2.56. The summed E-state index contributed by atoms with van der Waals surface area (Å²) in [4.78, 5) is 13.0. The Labute approximate surface area is 93.5 Å². The summed E-state index contributed by atoms with van der Waals surface area (Å²) in [7, 11) is 0. The second-order valence-corrected chi connectivity index (χ2v) is 3.40. The maximum atomic E-state index is 5.26. The van der Waals surface area contributed by atoms with Crippen LogP contribution in [-0.4, -0.2) is 29.5 Å². The molecule has 0 saturated carbocycles. The predicted octanol–water partition coefficient (Wildman–Crippen LogP) is 2.24. The lowest BCUT2D eigenvalue weighted by Crippen LogP contribution is -1.97. The molecule has 80 valence electrons. The molecule has 0 atom stereocenters. The van der Waals surface area contributed by atoms with Gasteiger partial charge in [0, 0.05) is 6.20 Å². The Hall–Kier alpha value is -1.36. The average molecular weight is 223 g/mol. The smallest absolute Gasteiger partial charge is 0.232 e. The number of rotatable bonds is 5. The molecule has 0 aliphatic heterocycles. The van der Waals surface area contributed by atoms with Crippen LogP contribution < -0.4 is 4.74 Å². The van der Waals surface area contributed by atoms with E-state index in [1.165, 1.54) is 0 Å². The Morgan fingerprint density at radius 3 is 3.07 bits per heavy atom. The summed E-state index contributed by atoms with van der Waals surface area (Å²) in [6, 6.07) is 0. The molecule has 0 aromatic carbocycles. The lowest BCUT2D eigenvalue weighted by atomic mass is 10.4. The van der Waals surface area contributed by atoms with Crippen molar-refractivity contribution in [3.05, 3.63) is 24.3 Å². The van der Waals surface area contributed by atoms with Gasteiger partial charge in [0.2, 0.25) is 5.88 Å². The number of aliphatic imine (C=N–C) groups is 1. The molecule has 15 heavy (non-hydrogen) atoms. The van der Waals surface area contributed by atoms with Gasteiger partial charge in [0.15, 0.2) is 0 Å². The van der Waals surface area contributed by atoms with Crippen LogP contribution in [0.1, 0.15) is 12.6 Å². The van der Waals surface area contributed by atoms with Gasteiger partial charge in [-0.25, -0.2) is 4.98 Å². The first-order chi connectivity index (χ1) is 7.31. The zero-order valence-corrected chi connectivity index (χ0v) is 9.62.